The average molecular weight is 308 g/mol. The molecule has 1 amide bonds. The van der Waals surface area contributed by atoms with E-state index in [2.05, 4.69) is 5.32 Å². The largest absolute Gasteiger partial charge is 0.467 e. The Hall–Kier alpha value is -1.33. The molecule has 0 aromatic carbocycles. The van der Waals surface area contributed by atoms with Crippen LogP contribution in [0.15, 0.2) is 22.8 Å². The van der Waals surface area contributed by atoms with Crippen LogP contribution in [-0.4, -0.2) is 41.7 Å². The van der Waals surface area contributed by atoms with Crippen molar-refractivity contribution < 1.29 is 14.3 Å². The Balaban J connectivity index is 1.84. The first kappa shape index (κ1) is 17.0. The third kappa shape index (κ3) is 4.34. The lowest BCUT2D eigenvalue weighted by atomic mass is 9.76. The molecule has 0 radical (unpaired) electrons. The van der Waals surface area contributed by atoms with Gasteiger partial charge in [0.25, 0.3) is 0 Å². The van der Waals surface area contributed by atoms with Crippen LogP contribution in [-0.2, 0) is 11.3 Å². The van der Waals surface area contributed by atoms with Crippen LogP contribution in [0.2, 0.25) is 0 Å². The van der Waals surface area contributed by atoms with Gasteiger partial charge in [0, 0.05) is 12.6 Å². The zero-order chi connectivity index (χ0) is 16.0. The van der Waals surface area contributed by atoms with Crippen molar-refractivity contribution in [2.24, 2.45) is 5.92 Å². The number of likely N-dealkylation sites (N-methyl/N-ethyl adjacent to an activating group) is 1. The third-order valence-corrected chi connectivity index (χ3v) is 4.88. The van der Waals surface area contributed by atoms with E-state index in [1.165, 1.54) is 19.3 Å². The van der Waals surface area contributed by atoms with Gasteiger partial charge in [0.05, 0.1) is 26.0 Å². The monoisotopic (exact) mass is 308 g/mol. The maximum atomic E-state index is 12.3. The van der Waals surface area contributed by atoms with Crippen molar-refractivity contribution in [3.8, 4) is 0 Å². The zero-order valence-corrected chi connectivity index (χ0v) is 13.7. The third-order valence-electron chi connectivity index (χ3n) is 4.88. The number of nitrogens with one attached hydrogen (secondary N) is 1. The fourth-order valence-corrected chi connectivity index (χ4v) is 3.21. The number of aliphatic hydroxyl groups excluding tert-OH is 1. The minimum absolute atomic E-state index is 0.00637. The predicted octanol–water partition coefficient (Wildman–Crippen LogP) is 2.16. The molecule has 0 spiro atoms. The second kappa shape index (κ2) is 7.79. The molecular weight excluding hydrogens is 280 g/mol. The summed E-state index contributed by atoms with van der Waals surface area (Å²) in [6.07, 6.45) is 7.57. The van der Waals surface area contributed by atoms with Crippen molar-refractivity contribution in [2.45, 2.75) is 51.1 Å². The van der Waals surface area contributed by atoms with Crippen molar-refractivity contribution >= 4 is 5.91 Å². The van der Waals surface area contributed by atoms with Gasteiger partial charge >= 0.3 is 0 Å². The summed E-state index contributed by atoms with van der Waals surface area (Å²) in [5.41, 5.74) is -0.373. The lowest BCUT2D eigenvalue weighted by molar-refractivity contribution is -0.130. The molecule has 124 valence electrons. The van der Waals surface area contributed by atoms with Crippen LogP contribution in [0.5, 0.6) is 0 Å². The summed E-state index contributed by atoms with van der Waals surface area (Å²) >= 11 is 0. The summed E-state index contributed by atoms with van der Waals surface area (Å²) < 4.78 is 5.26. The fraction of sp³-hybridized carbons (Fsp3) is 0.706. The summed E-state index contributed by atoms with van der Waals surface area (Å²) in [5.74, 6) is 1.22. The number of carbonyl (C=O) groups is 1. The van der Waals surface area contributed by atoms with Gasteiger partial charge < -0.3 is 19.7 Å². The molecule has 1 aromatic rings. The molecule has 5 nitrogen and oxygen atoms in total. The van der Waals surface area contributed by atoms with E-state index in [9.17, 15) is 9.90 Å². The van der Waals surface area contributed by atoms with E-state index in [-0.39, 0.29) is 24.6 Å². The highest BCUT2D eigenvalue weighted by Gasteiger charge is 2.34. The maximum absolute atomic E-state index is 12.3. The first-order valence-corrected chi connectivity index (χ1v) is 8.17. The topological polar surface area (TPSA) is 65.7 Å². The minimum atomic E-state index is -0.373. The molecule has 2 rings (SSSR count). The van der Waals surface area contributed by atoms with E-state index in [1.807, 2.05) is 19.1 Å². The highest BCUT2D eigenvalue weighted by molar-refractivity contribution is 5.78. The Morgan fingerprint density at radius 3 is 2.77 bits per heavy atom. The molecule has 0 saturated heterocycles. The molecule has 0 aliphatic heterocycles. The molecule has 1 aliphatic carbocycles. The van der Waals surface area contributed by atoms with E-state index in [1.54, 1.807) is 18.2 Å². The molecule has 22 heavy (non-hydrogen) atoms. The number of rotatable bonds is 7. The van der Waals surface area contributed by atoms with Crippen LogP contribution >= 0.6 is 0 Å². The predicted molar refractivity (Wildman–Crippen MR) is 85.3 cm³/mol. The summed E-state index contributed by atoms with van der Waals surface area (Å²) in [4.78, 5) is 13.9. The van der Waals surface area contributed by atoms with Gasteiger partial charge in [-0.2, -0.15) is 0 Å². The number of hydrogen-bond donors (Lipinski definition) is 2. The van der Waals surface area contributed by atoms with Gasteiger partial charge in [0.1, 0.15) is 5.76 Å². The Kier molecular flexibility index (Phi) is 6.03. The fourth-order valence-electron chi connectivity index (χ4n) is 3.21. The Morgan fingerprint density at radius 1 is 1.45 bits per heavy atom. The van der Waals surface area contributed by atoms with Gasteiger partial charge in [-0.3, -0.25) is 4.79 Å². The van der Waals surface area contributed by atoms with E-state index >= 15 is 0 Å². The van der Waals surface area contributed by atoms with Gasteiger partial charge in [-0.1, -0.05) is 19.3 Å². The number of aliphatic hydroxyl groups is 1. The summed E-state index contributed by atoms with van der Waals surface area (Å²) in [5, 5.41) is 13.1. The second-order valence-corrected chi connectivity index (χ2v) is 6.59. The molecule has 5 heteroatoms. The van der Waals surface area contributed by atoms with Crippen LogP contribution in [0.4, 0.5) is 0 Å². The van der Waals surface area contributed by atoms with Gasteiger partial charge in [-0.15, -0.1) is 0 Å². The van der Waals surface area contributed by atoms with Crippen molar-refractivity contribution in [1.29, 1.82) is 0 Å². The van der Waals surface area contributed by atoms with Crippen LogP contribution in [0.25, 0.3) is 0 Å². The summed E-state index contributed by atoms with van der Waals surface area (Å²) in [6, 6.07) is 3.68. The number of hydrogen-bond acceptors (Lipinski definition) is 4. The first-order chi connectivity index (χ1) is 10.5. The molecule has 2 N–H and O–H groups in total. The van der Waals surface area contributed by atoms with Gasteiger partial charge in [0.15, 0.2) is 0 Å². The highest BCUT2D eigenvalue weighted by atomic mass is 16.3. The highest BCUT2D eigenvalue weighted by Crippen LogP contribution is 2.32. The quantitative estimate of drug-likeness (QED) is 0.810. The van der Waals surface area contributed by atoms with E-state index in [4.69, 9.17) is 4.42 Å². The summed E-state index contributed by atoms with van der Waals surface area (Å²) in [6.45, 7) is 2.80. The number of nitrogens with zero attached hydrogens (tertiary/aromatic N) is 1. The molecular formula is C17H28N2O3. The smallest absolute Gasteiger partial charge is 0.236 e. The molecule has 0 unspecified atom stereocenters. The molecule has 1 saturated carbocycles. The van der Waals surface area contributed by atoms with Gasteiger partial charge in [0.2, 0.25) is 5.91 Å². The lowest BCUT2D eigenvalue weighted by Gasteiger charge is -2.39. The van der Waals surface area contributed by atoms with Crippen molar-refractivity contribution in [3.05, 3.63) is 24.2 Å². The van der Waals surface area contributed by atoms with E-state index in [0.29, 0.717) is 12.5 Å². The number of carbonyl (C=O) groups excluding carboxylic acids is 1. The zero-order valence-electron chi connectivity index (χ0n) is 13.7. The Morgan fingerprint density at radius 2 is 2.18 bits per heavy atom. The number of amides is 1. The Bertz CT molecular complexity index is 454. The average Bonchev–Trinajstić information content (AvgIpc) is 3.06. The first-order valence-electron chi connectivity index (χ1n) is 8.17. The SMILES string of the molecule is CN(Cc1ccco1)C(=O)CN[C@@](C)(CO)C1CCCCC1. The van der Waals surface area contributed by atoms with Crippen LogP contribution in [0, 0.1) is 5.92 Å². The van der Waals surface area contributed by atoms with E-state index in [0.717, 1.165) is 18.6 Å². The minimum Gasteiger partial charge on any atom is -0.467 e. The van der Waals surface area contributed by atoms with Gasteiger partial charge in [-0.05, 0) is 37.8 Å². The molecule has 1 aliphatic rings. The van der Waals surface area contributed by atoms with Gasteiger partial charge in [-0.25, -0.2) is 0 Å². The molecule has 1 atom stereocenters. The second-order valence-electron chi connectivity index (χ2n) is 6.59. The number of furan rings is 1. The van der Waals surface area contributed by atoms with E-state index < -0.39 is 0 Å². The van der Waals surface area contributed by atoms with Crippen molar-refractivity contribution in [1.82, 2.24) is 10.2 Å². The maximum Gasteiger partial charge on any atom is 0.236 e. The molecule has 0 bridgehead atoms. The molecule has 1 heterocycles. The summed E-state index contributed by atoms with van der Waals surface area (Å²) in [7, 11) is 1.77. The van der Waals surface area contributed by atoms with Crippen LogP contribution < -0.4 is 5.32 Å². The normalized spacial score (nSPS) is 18.9. The van der Waals surface area contributed by atoms with Crippen LogP contribution in [0.3, 0.4) is 0 Å². The van der Waals surface area contributed by atoms with Crippen LogP contribution in [0.1, 0.15) is 44.8 Å². The standard InChI is InChI=1S/C17H28N2O3/c1-17(13-20,14-7-4-3-5-8-14)18-11-16(21)19(2)12-15-9-6-10-22-15/h6,9-10,14,18,20H,3-5,7-8,11-13H2,1-2H3/t17-/m0/s1. The molecule has 1 fully saturated rings. The van der Waals surface area contributed by atoms with Crippen molar-refractivity contribution in [3.63, 3.8) is 0 Å². The lowest BCUT2D eigenvalue weighted by Crippen LogP contribution is -2.55. The Labute approximate surface area is 132 Å². The van der Waals surface area contributed by atoms with Crippen molar-refractivity contribution in [2.75, 3.05) is 20.2 Å². The molecule has 1 aromatic heterocycles.